The van der Waals surface area contributed by atoms with Gasteiger partial charge in [0.25, 0.3) is 5.91 Å². The van der Waals surface area contributed by atoms with Gasteiger partial charge in [0.05, 0.1) is 0 Å². The Hall–Kier alpha value is -1.64. The van der Waals surface area contributed by atoms with Crippen molar-refractivity contribution in [1.82, 2.24) is 4.90 Å². The standard InChI is InChI=1S/C15H19NO2/c1-2-5-14(17)12-6-8-13(9-7-12)15(18)16-10-3-4-11-16/h6-9H,2-5,10-11H2,1H3. The number of hydrogen-bond donors (Lipinski definition) is 0. The molecule has 1 fully saturated rings. The van der Waals surface area contributed by atoms with Crippen LogP contribution in [0.1, 0.15) is 53.3 Å². The molecule has 1 aliphatic heterocycles. The number of carbonyl (C=O) groups excluding carboxylic acids is 2. The number of carbonyl (C=O) groups is 2. The molecule has 2 rings (SSSR count). The Kier molecular flexibility index (Phi) is 4.13. The first-order chi connectivity index (χ1) is 8.72. The van der Waals surface area contributed by atoms with Crippen molar-refractivity contribution in [2.45, 2.75) is 32.6 Å². The Balaban J connectivity index is 2.07. The molecular formula is C15H19NO2. The summed E-state index contributed by atoms with van der Waals surface area (Å²) in [5, 5.41) is 0. The van der Waals surface area contributed by atoms with Crippen molar-refractivity contribution in [2.75, 3.05) is 13.1 Å². The summed E-state index contributed by atoms with van der Waals surface area (Å²) in [5.41, 5.74) is 1.39. The van der Waals surface area contributed by atoms with Crippen LogP contribution in [-0.4, -0.2) is 29.7 Å². The lowest BCUT2D eigenvalue weighted by atomic mass is 10.0. The monoisotopic (exact) mass is 245 g/mol. The molecule has 96 valence electrons. The molecule has 1 aliphatic rings. The van der Waals surface area contributed by atoms with E-state index in [1.54, 1.807) is 24.3 Å². The molecule has 0 aromatic heterocycles. The van der Waals surface area contributed by atoms with Crippen molar-refractivity contribution in [3.63, 3.8) is 0 Å². The van der Waals surface area contributed by atoms with E-state index in [-0.39, 0.29) is 11.7 Å². The van der Waals surface area contributed by atoms with Crippen LogP contribution in [-0.2, 0) is 0 Å². The lowest BCUT2D eigenvalue weighted by Gasteiger charge is -2.15. The van der Waals surface area contributed by atoms with Crippen molar-refractivity contribution in [3.05, 3.63) is 35.4 Å². The maximum Gasteiger partial charge on any atom is 0.253 e. The number of benzene rings is 1. The highest BCUT2D eigenvalue weighted by Gasteiger charge is 2.19. The molecule has 1 saturated heterocycles. The molecule has 0 radical (unpaired) electrons. The maximum absolute atomic E-state index is 12.1. The third-order valence-corrected chi connectivity index (χ3v) is 3.32. The number of amides is 1. The van der Waals surface area contributed by atoms with E-state index < -0.39 is 0 Å². The number of rotatable bonds is 4. The molecule has 0 atom stereocenters. The number of hydrogen-bond acceptors (Lipinski definition) is 2. The molecule has 1 aromatic rings. The molecule has 0 unspecified atom stereocenters. The summed E-state index contributed by atoms with van der Waals surface area (Å²) >= 11 is 0. The minimum Gasteiger partial charge on any atom is -0.339 e. The minimum absolute atomic E-state index is 0.0852. The van der Waals surface area contributed by atoms with Gasteiger partial charge in [0, 0.05) is 30.6 Å². The number of likely N-dealkylation sites (tertiary alicyclic amines) is 1. The van der Waals surface area contributed by atoms with Crippen LogP contribution in [0.5, 0.6) is 0 Å². The predicted molar refractivity (Wildman–Crippen MR) is 70.8 cm³/mol. The second kappa shape index (κ2) is 5.80. The predicted octanol–water partition coefficient (Wildman–Crippen LogP) is 2.91. The largest absolute Gasteiger partial charge is 0.339 e. The Bertz CT molecular complexity index is 430. The van der Waals surface area contributed by atoms with Crippen LogP contribution in [0, 0.1) is 0 Å². The first kappa shape index (κ1) is 12.8. The molecule has 3 heteroatoms. The van der Waals surface area contributed by atoms with E-state index in [4.69, 9.17) is 0 Å². The van der Waals surface area contributed by atoms with Crippen LogP contribution in [0.2, 0.25) is 0 Å². The van der Waals surface area contributed by atoms with Crippen LogP contribution in [0.15, 0.2) is 24.3 Å². The summed E-state index contributed by atoms with van der Waals surface area (Å²) in [6.07, 6.45) is 3.62. The van der Waals surface area contributed by atoms with E-state index in [0.717, 1.165) is 32.4 Å². The van der Waals surface area contributed by atoms with Gasteiger partial charge >= 0.3 is 0 Å². The number of Topliss-reactive ketones (excluding diaryl/α,β-unsaturated/α-hetero) is 1. The van der Waals surface area contributed by atoms with Gasteiger partial charge in [-0.2, -0.15) is 0 Å². The van der Waals surface area contributed by atoms with Crippen LogP contribution in [0.4, 0.5) is 0 Å². The third kappa shape index (κ3) is 2.78. The van der Waals surface area contributed by atoms with Gasteiger partial charge in [-0.3, -0.25) is 9.59 Å². The Morgan fingerprint density at radius 1 is 1.06 bits per heavy atom. The fourth-order valence-corrected chi connectivity index (χ4v) is 2.27. The van der Waals surface area contributed by atoms with E-state index in [9.17, 15) is 9.59 Å². The highest BCUT2D eigenvalue weighted by atomic mass is 16.2. The quantitative estimate of drug-likeness (QED) is 0.765. The van der Waals surface area contributed by atoms with Crippen LogP contribution in [0.25, 0.3) is 0 Å². The van der Waals surface area contributed by atoms with Crippen molar-refractivity contribution in [3.8, 4) is 0 Å². The lowest BCUT2D eigenvalue weighted by Crippen LogP contribution is -2.27. The van der Waals surface area contributed by atoms with Gasteiger partial charge in [-0.1, -0.05) is 19.1 Å². The van der Waals surface area contributed by atoms with E-state index >= 15 is 0 Å². The molecule has 0 bridgehead atoms. The van der Waals surface area contributed by atoms with Gasteiger partial charge in [-0.15, -0.1) is 0 Å². The second-order valence-electron chi connectivity index (χ2n) is 4.75. The minimum atomic E-state index is 0.0852. The summed E-state index contributed by atoms with van der Waals surface area (Å²) in [5.74, 6) is 0.236. The van der Waals surface area contributed by atoms with E-state index in [2.05, 4.69) is 0 Å². The van der Waals surface area contributed by atoms with Crippen LogP contribution >= 0.6 is 0 Å². The molecule has 0 spiro atoms. The zero-order valence-corrected chi connectivity index (χ0v) is 10.8. The Morgan fingerprint density at radius 3 is 2.17 bits per heavy atom. The fraction of sp³-hybridized carbons (Fsp3) is 0.467. The summed E-state index contributed by atoms with van der Waals surface area (Å²) in [6.45, 7) is 3.70. The zero-order chi connectivity index (χ0) is 13.0. The zero-order valence-electron chi connectivity index (χ0n) is 10.8. The van der Waals surface area contributed by atoms with E-state index in [0.29, 0.717) is 17.5 Å². The SMILES string of the molecule is CCCC(=O)c1ccc(C(=O)N2CCCC2)cc1. The first-order valence-corrected chi connectivity index (χ1v) is 6.65. The highest BCUT2D eigenvalue weighted by Crippen LogP contribution is 2.14. The summed E-state index contributed by atoms with van der Waals surface area (Å²) in [7, 11) is 0. The van der Waals surface area contributed by atoms with Gasteiger partial charge in [0.1, 0.15) is 0 Å². The van der Waals surface area contributed by atoms with Gasteiger partial charge in [-0.05, 0) is 31.4 Å². The lowest BCUT2D eigenvalue weighted by molar-refractivity contribution is 0.0792. The molecule has 1 aromatic carbocycles. The van der Waals surface area contributed by atoms with Gasteiger partial charge in [-0.25, -0.2) is 0 Å². The molecule has 18 heavy (non-hydrogen) atoms. The topological polar surface area (TPSA) is 37.4 Å². The second-order valence-corrected chi connectivity index (χ2v) is 4.75. The first-order valence-electron chi connectivity index (χ1n) is 6.65. The summed E-state index contributed by atoms with van der Waals surface area (Å²) in [6, 6.07) is 7.07. The van der Waals surface area contributed by atoms with Crippen molar-refractivity contribution in [1.29, 1.82) is 0 Å². The van der Waals surface area contributed by atoms with Crippen LogP contribution < -0.4 is 0 Å². The maximum atomic E-state index is 12.1. The molecule has 1 amide bonds. The average molecular weight is 245 g/mol. The summed E-state index contributed by atoms with van der Waals surface area (Å²) in [4.78, 5) is 25.7. The molecule has 0 saturated carbocycles. The molecule has 1 heterocycles. The number of nitrogens with zero attached hydrogens (tertiary/aromatic N) is 1. The Labute approximate surface area is 108 Å². The van der Waals surface area contributed by atoms with Crippen molar-refractivity contribution >= 4 is 11.7 Å². The van der Waals surface area contributed by atoms with Crippen LogP contribution in [0.3, 0.4) is 0 Å². The highest BCUT2D eigenvalue weighted by molar-refractivity contribution is 5.98. The average Bonchev–Trinajstić information content (AvgIpc) is 2.92. The number of ketones is 1. The Morgan fingerprint density at radius 2 is 1.61 bits per heavy atom. The molecule has 3 nitrogen and oxygen atoms in total. The molecule has 0 aliphatic carbocycles. The molecular weight excluding hydrogens is 226 g/mol. The third-order valence-electron chi connectivity index (χ3n) is 3.32. The van der Waals surface area contributed by atoms with E-state index in [1.165, 1.54) is 0 Å². The van der Waals surface area contributed by atoms with Gasteiger partial charge in [0.15, 0.2) is 5.78 Å². The van der Waals surface area contributed by atoms with Crippen molar-refractivity contribution < 1.29 is 9.59 Å². The summed E-state index contributed by atoms with van der Waals surface area (Å²) < 4.78 is 0. The fourth-order valence-electron chi connectivity index (χ4n) is 2.27. The van der Waals surface area contributed by atoms with Gasteiger partial charge in [0.2, 0.25) is 0 Å². The van der Waals surface area contributed by atoms with Crippen molar-refractivity contribution in [2.24, 2.45) is 0 Å². The molecule has 0 N–H and O–H groups in total. The van der Waals surface area contributed by atoms with Gasteiger partial charge < -0.3 is 4.90 Å². The smallest absolute Gasteiger partial charge is 0.253 e. The normalized spacial score (nSPS) is 14.8. The van der Waals surface area contributed by atoms with E-state index in [1.807, 2.05) is 11.8 Å².